The Bertz CT molecular complexity index is 415. The van der Waals surface area contributed by atoms with Crippen LogP contribution < -0.4 is 4.74 Å². The van der Waals surface area contributed by atoms with Crippen molar-refractivity contribution in [3.63, 3.8) is 0 Å². The van der Waals surface area contributed by atoms with Crippen LogP contribution in [0.4, 0.5) is 0 Å². The first kappa shape index (κ1) is 15.9. The lowest BCUT2D eigenvalue weighted by Crippen LogP contribution is -2.12. The van der Waals surface area contributed by atoms with E-state index in [9.17, 15) is 0 Å². The summed E-state index contributed by atoms with van der Waals surface area (Å²) in [5.41, 5.74) is 2.92. The van der Waals surface area contributed by atoms with Gasteiger partial charge in [-0.25, -0.2) is 0 Å². The van der Waals surface area contributed by atoms with Crippen molar-refractivity contribution in [1.82, 2.24) is 0 Å². The minimum Gasteiger partial charge on any atom is -0.496 e. The van der Waals surface area contributed by atoms with Crippen LogP contribution in [0.3, 0.4) is 0 Å². The van der Waals surface area contributed by atoms with Gasteiger partial charge >= 0.3 is 0 Å². The van der Waals surface area contributed by atoms with E-state index in [1.54, 1.807) is 0 Å². The van der Waals surface area contributed by atoms with E-state index in [1.165, 1.54) is 93.9 Å². The number of methoxy groups -OCH3 is 1. The first-order valence-corrected chi connectivity index (χ1v) is 9.51. The van der Waals surface area contributed by atoms with E-state index < -0.39 is 0 Å². The molecule has 0 bridgehead atoms. The van der Waals surface area contributed by atoms with Gasteiger partial charge in [0.1, 0.15) is 5.75 Å². The van der Waals surface area contributed by atoms with E-state index in [4.69, 9.17) is 4.74 Å². The van der Waals surface area contributed by atoms with Crippen molar-refractivity contribution in [2.24, 2.45) is 11.8 Å². The third-order valence-electron chi connectivity index (χ3n) is 5.85. The van der Waals surface area contributed by atoms with E-state index in [-0.39, 0.29) is 0 Å². The zero-order chi connectivity index (χ0) is 15.2. The molecule has 0 aromatic heterocycles. The Kier molecular flexibility index (Phi) is 5.81. The minimum absolute atomic E-state index is 0.882. The van der Waals surface area contributed by atoms with Crippen LogP contribution in [0.2, 0.25) is 0 Å². The summed E-state index contributed by atoms with van der Waals surface area (Å²) in [6.07, 6.45) is 16.7. The molecule has 2 aliphatic carbocycles. The molecule has 22 heavy (non-hydrogen) atoms. The molecule has 0 N–H and O–H groups in total. The second-order valence-electron chi connectivity index (χ2n) is 7.53. The van der Waals surface area contributed by atoms with Crippen LogP contribution in [0.5, 0.6) is 5.75 Å². The topological polar surface area (TPSA) is 9.23 Å². The van der Waals surface area contributed by atoms with E-state index >= 15 is 0 Å². The molecule has 0 heterocycles. The maximum Gasteiger partial charge on any atom is 0.125 e. The molecule has 0 radical (unpaired) electrons. The van der Waals surface area contributed by atoms with Crippen molar-refractivity contribution in [1.29, 1.82) is 0 Å². The Balaban J connectivity index is 1.71. The van der Waals surface area contributed by atoms with Crippen LogP contribution in [-0.2, 0) is 12.8 Å². The first-order valence-electron chi connectivity index (χ1n) is 9.51. The van der Waals surface area contributed by atoms with E-state index in [0.29, 0.717) is 0 Å². The van der Waals surface area contributed by atoms with Crippen molar-refractivity contribution in [2.45, 2.75) is 77.0 Å². The molecule has 1 aromatic carbocycles. The maximum atomic E-state index is 5.86. The third kappa shape index (κ3) is 4.06. The summed E-state index contributed by atoms with van der Waals surface area (Å²) in [5, 5.41) is 0. The first-order chi connectivity index (χ1) is 10.9. The Hall–Kier alpha value is -0.980. The molecule has 3 rings (SSSR count). The fraction of sp³-hybridized carbons (Fsp3) is 0.714. The molecule has 2 aliphatic rings. The fourth-order valence-corrected chi connectivity index (χ4v) is 4.63. The summed E-state index contributed by atoms with van der Waals surface area (Å²) in [7, 11) is 1.87. The number of benzene rings is 1. The Morgan fingerprint density at radius 3 is 1.64 bits per heavy atom. The Morgan fingerprint density at radius 2 is 1.23 bits per heavy atom. The molecule has 2 fully saturated rings. The summed E-state index contributed by atoms with van der Waals surface area (Å²) in [6, 6.07) is 6.87. The number of hydrogen-bond donors (Lipinski definition) is 0. The van der Waals surface area contributed by atoms with Crippen LogP contribution >= 0.6 is 0 Å². The highest BCUT2D eigenvalue weighted by atomic mass is 16.5. The highest BCUT2D eigenvalue weighted by molar-refractivity contribution is 5.42. The molecular formula is C21H32O. The van der Waals surface area contributed by atoms with Crippen LogP contribution in [0.1, 0.15) is 75.3 Å². The third-order valence-corrected chi connectivity index (χ3v) is 5.85. The molecule has 0 aliphatic heterocycles. The predicted molar refractivity (Wildman–Crippen MR) is 93.6 cm³/mol. The molecule has 0 saturated heterocycles. The normalized spacial score (nSPS) is 21.0. The predicted octanol–water partition coefficient (Wildman–Crippen LogP) is 5.94. The molecule has 1 heteroatoms. The van der Waals surface area contributed by atoms with Gasteiger partial charge in [0.2, 0.25) is 0 Å². The van der Waals surface area contributed by atoms with Crippen LogP contribution in [0.25, 0.3) is 0 Å². The summed E-state index contributed by atoms with van der Waals surface area (Å²) < 4.78 is 5.86. The van der Waals surface area contributed by atoms with Gasteiger partial charge in [-0.1, -0.05) is 82.4 Å². The molecule has 0 unspecified atom stereocenters. The number of para-hydroxylation sites is 1. The Morgan fingerprint density at radius 1 is 0.773 bits per heavy atom. The summed E-state index contributed by atoms with van der Waals surface area (Å²) in [4.78, 5) is 0. The van der Waals surface area contributed by atoms with Crippen molar-refractivity contribution in [3.8, 4) is 5.75 Å². The van der Waals surface area contributed by atoms with Crippen LogP contribution in [0, 0.1) is 11.8 Å². The Labute approximate surface area is 136 Å². The summed E-state index contributed by atoms with van der Waals surface area (Å²) >= 11 is 0. The van der Waals surface area contributed by atoms with Crippen molar-refractivity contribution in [2.75, 3.05) is 7.11 Å². The van der Waals surface area contributed by atoms with Crippen LogP contribution in [-0.4, -0.2) is 7.11 Å². The molecule has 1 nitrogen and oxygen atoms in total. The van der Waals surface area contributed by atoms with E-state index in [1.807, 2.05) is 7.11 Å². The number of ether oxygens (including phenoxy) is 1. The van der Waals surface area contributed by atoms with Gasteiger partial charge in [-0.05, 0) is 35.8 Å². The van der Waals surface area contributed by atoms with Gasteiger partial charge in [0.05, 0.1) is 7.11 Å². The van der Waals surface area contributed by atoms with E-state index in [0.717, 1.165) is 11.8 Å². The molecule has 0 atom stereocenters. The molecule has 1 aromatic rings. The van der Waals surface area contributed by atoms with Crippen LogP contribution in [0.15, 0.2) is 18.2 Å². The molecule has 2 saturated carbocycles. The summed E-state index contributed by atoms with van der Waals surface area (Å²) in [5.74, 6) is 2.97. The minimum atomic E-state index is 0.882. The standard InChI is InChI=1S/C21H32O/c1-22-21-19(15-17-9-4-2-5-10-17)13-8-14-20(21)16-18-11-6-3-7-12-18/h8,13-14,17-18H,2-7,9-12,15-16H2,1H3. The second kappa shape index (κ2) is 8.04. The number of rotatable bonds is 5. The maximum absolute atomic E-state index is 5.86. The van der Waals surface area contributed by atoms with Crippen molar-refractivity contribution in [3.05, 3.63) is 29.3 Å². The smallest absolute Gasteiger partial charge is 0.125 e. The monoisotopic (exact) mass is 300 g/mol. The lowest BCUT2D eigenvalue weighted by molar-refractivity contribution is 0.338. The van der Waals surface area contributed by atoms with Gasteiger partial charge in [-0.2, -0.15) is 0 Å². The summed E-state index contributed by atoms with van der Waals surface area (Å²) in [6.45, 7) is 0. The van der Waals surface area contributed by atoms with Crippen molar-refractivity contribution < 1.29 is 4.74 Å². The lowest BCUT2D eigenvalue weighted by Gasteiger charge is -2.25. The van der Waals surface area contributed by atoms with E-state index in [2.05, 4.69) is 18.2 Å². The van der Waals surface area contributed by atoms with Gasteiger partial charge in [-0.15, -0.1) is 0 Å². The molecule has 0 spiro atoms. The highest BCUT2D eigenvalue weighted by Gasteiger charge is 2.20. The van der Waals surface area contributed by atoms with Gasteiger partial charge < -0.3 is 4.74 Å². The molecule has 0 amide bonds. The highest BCUT2D eigenvalue weighted by Crippen LogP contribution is 2.35. The van der Waals surface area contributed by atoms with Gasteiger partial charge in [0.15, 0.2) is 0 Å². The fourth-order valence-electron chi connectivity index (χ4n) is 4.63. The van der Waals surface area contributed by atoms with Crippen molar-refractivity contribution >= 4 is 0 Å². The zero-order valence-corrected chi connectivity index (χ0v) is 14.3. The average Bonchev–Trinajstić information content (AvgIpc) is 2.57. The van der Waals surface area contributed by atoms with Gasteiger partial charge in [-0.3, -0.25) is 0 Å². The molecular weight excluding hydrogens is 268 g/mol. The number of hydrogen-bond acceptors (Lipinski definition) is 1. The van der Waals surface area contributed by atoms with Gasteiger partial charge in [0, 0.05) is 0 Å². The molecule has 122 valence electrons. The lowest BCUT2D eigenvalue weighted by atomic mass is 9.82. The second-order valence-corrected chi connectivity index (χ2v) is 7.53. The largest absolute Gasteiger partial charge is 0.496 e. The van der Waals surface area contributed by atoms with Gasteiger partial charge in [0.25, 0.3) is 0 Å². The quantitative estimate of drug-likeness (QED) is 0.653. The zero-order valence-electron chi connectivity index (χ0n) is 14.3. The SMILES string of the molecule is COc1c(CC2CCCCC2)cccc1CC1CCCCC1. The average molecular weight is 300 g/mol.